The fraction of sp³-hybridized carbons (Fsp3) is 0.222. The molecule has 1 atom stereocenters. The number of ether oxygens (including phenoxy) is 1. The van der Waals surface area contributed by atoms with E-state index in [1.807, 2.05) is 5.32 Å². The lowest BCUT2D eigenvalue weighted by Crippen LogP contribution is -2.43. The number of nitrogens with zero attached hydrogens (tertiary/aromatic N) is 2. The maximum Gasteiger partial charge on any atom is 0.349 e. The van der Waals surface area contributed by atoms with E-state index in [9.17, 15) is 18.8 Å². The number of thiophene rings is 1. The molecular formula is C18H17FN4O4S. The molecule has 8 nitrogen and oxygen atoms in total. The zero-order chi connectivity index (χ0) is 20.4. The molecule has 10 heteroatoms. The fourth-order valence-electron chi connectivity index (χ4n) is 2.45. The van der Waals surface area contributed by atoms with Crippen LogP contribution in [-0.2, 0) is 9.53 Å². The van der Waals surface area contributed by atoms with E-state index in [0.29, 0.717) is 16.2 Å². The third-order valence-corrected chi connectivity index (χ3v) is 5.02. The Hall–Kier alpha value is -3.27. The van der Waals surface area contributed by atoms with Crippen LogP contribution in [0.1, 0.15) is 22.3 Å². The summed E-state index contributed by atoms with van der Waals surface area (Å²) in [5.74, 6) is -1.78. The van der Waals surface area contributed by atoms with Crippen molar-refractivity contribution >= 4 is 39.5 Å². The summed E-state index contributed by atoms with van der Waals surface area (Å²) in [5.41, 5.74) is 1.35. The number of halogens is 1. The Morgan fingerprint density at radius 1 is 1.25 bits per heavy atom. The van der Waals surface area contributed by atoms with E-state index in [2.05, 4.69) is 10.4 Å². The van der Waals surface area contributed by atoms with Crippen molar-refractivity contribution in [2.75, 3.05) is 7.05 Å². The van der Waals surface area contributed by atoms with Crippen LogP contribution >= 0.6 is 11.3 Å². The van der Waals surface area contributed by atoms with Crippen LogP contribution in [0.15, 0.2) is 30.3 Å². The van der Waals surface area contributed by atoms with Crippen molar-refractivity contribution in [1.29, 1.82) is 0 Å². The molecule has 3 rings (SSSR count). The second-order valence-electron chi connectivity index (χ2n) is 5.92. The molecule has 0 aliphatic carbocycles. The molecule has 0 fully saturated rings. The highest BCUT2D eigenvalue weighted by Gasteiger charge is 2.23. The maximum absolute atomic E-state index is 13.2. The minimum atomic E-state index is -1.15. The number of rotatable bonds is 4. The number of carbonyl (C=O) groups is 3. The number of benzene rings is 1. The predicted octanol–water partition coefficient (Wildman–Crippen LogP) is 2.54. The van der Waals surface area contributed by atoms with Gasteiger partial charge in [0.2, 0.25) is 0 Å². The average Bonchev–Trinajstić information content (AvgIpc) is 3.23. The summed E-state index contributed by atoms with van der Waals surface area (Å²) in [6.07, 6.45) is -1.15. The molecule has 0 aliphatic rings. The molecule has 0 radical (unpaired) electrons. The van der Waals surface area contributed by atoms with Gasteiger partial charge in [-0.25, -0.2) is 18.7 Å². The number of carbonyl (C=O) groups excluding carboxylic acids is 3. The van der Waals surface area contributed by atoms with Crippen molar-refractivity contribution in [2.24, 2.45) is 0 Å². The van der Waals surface area contributed by atoms with Gasteiger partial charge in [0.15, 0.2) is 6.10 Å². The molecule has 3 aromatic rings. The first kappa shape index (κ1) is 19.5. The van der Waals surface area contributed by atoms with Crippen LogP contribution in [0.25, 0.3) is 15.9 Å². The molecular weight excluding hydrogens is 387 g/mol. The first-order valence-corrected chi connectivity index (χ1v) is 9.10. The molecule has 1 unspecified atom stereocenters. The smallest absolute Gasteiger partial charge is 0.349 e. The van der Waals surface area contributed by atoms with E-state index in [1.165, 1.54) is 26.1 Å². The topological polar surface area (TPSA) is 102 Å². The lowest BCUT2D eigenvalue weighted by atomic mass is 10.3. The maximum atomic E-state index is 13.2. The third kappa shape index (κ3) is 3.86. The molecule has 0 saturated carbocycles. The highest BCUT2D eigenvalue weighted by atomic mass is 32.1. The van der Waals surface area contributed by atoms with Crippen molar-refractivity contribution in [3.63, 3.8) is 0 Å². The summed E-state index contributed by atoms with van der Waals surface area (Å²) < 4.78 is 19.9. The molecule has 0 aliphatic heterocycles. The van der Waals surface area contributed by atoms with Crippen molar-refractivity contribution < 1.29 is 23.5 Å². The lowest BCUT2D eigenvalue weighted by Gasteiger charge is -2.11. The summed E-state index contributed by atoms with van der Waals surface area (Å²) in [7, 11) is 1.36. The highest BCUT2D eigenvalue weighted by molar-refractivity contribution is 7.20. The summed E-state index contributed by atoms with van der Waals surface area (Å²) in [5, 5.41) is 9.46. The van der Waals surface area contributed by atoms with E-state index in [4.69, 9.17) is 4.74 Å². The second kappa shape index (κ2) is 7.77. The molecule has 2 aromatic heterocycles. The Kier molecular flexibility index (Phi) is 5.41. The molecule has 2 N–H and O–H groups in total. The first-order valence-electron chi connectivity index (χ1n) is 8.28. The van der Waals surface area contributed by atoms with Gasteiger partial charge in [-0.2, -0.15) is 5.10 Å². The third-order valence-electron chi connectivity index (χ3n) is 3.93. The zero-order valence-corrected chi connectivity index (χ0v) is 16.1. The monoisotopic (exact) mass is 404 g/mol. The summed E-state index contributed by atoms with van der Waals surface area (Å²) in [6.45, 7) is 3.17. The molecule has 146 valence electrons. The van der Waals surface area contributed by atoms with Gasteiger partial charge in [0.1, 0.15) is 15.5 Å². The summed E-state index contributed by atoms with van der Waals surface area (Å²) >= 11 is 1.15. The van der Waals surface area contributed by atoms with E-state index in [-0.39, 0.29) is 10.7 Å². The van der Waals surface area contributed by atoms with Crippen LogP contribution in [0.2, 0.25) is 0 Å². The van der Waals surface area contributed by atoms with Gasteiger partial charge < -0.3 is 10.1 Å². The van der Waals surface area contributed by atoms with Gasteiger partial charge in [-0.1, -0.05) is 0 Å². The largest absolute Gasteiger partial charge is 0.448 e. The Bertz CT molecular complexity index is 1060. The quantitative estimate of drug-likeness (QED) is 0.651. The number of imide groups is 1. The van der Waals surface area contributed by atoms with Crippen molar-refractivity contribution in [2.45, 2.75) is 20.0 Å². The Morgan fingerprint density at radius 2 is 1.93 bits per heavy atom. The van der Waals surface area contributed by atoms with Crippen LogP contribution in [0, 0.1) is 12.7 Å². The molecule has 0 saturated heterocycles. The number of nitrogens with one attached hydrogen (secondary N) is 2. The number of urea groups is 1. The molecule has 28 heavy (non-hydrogen) atoms. The highest BCUT2D eigenvalue weighted by Crippen LogP contribution is 2.31. The second-order valence-corrected chi connectivity index (χ2v) is 6.95. The molecule has 0 bridgehead atoms. The Morgan fingerprint density at radius 3 is 2.57 bits per heavy atom. The van der Waals surface area contributed by atoms with Crippen LogP contribution in [-0.4, -0.2) is 40.8 Å². The number of hydrogen-bond donors (Lipinski definition) is 2. The normalized spacial score (nSPS) is 11.9. The summed E-state index contributed by atoms with van der Waals surface area (Å²) in [4.78, 5) is 36.4. The van der Waals surface area contributed by atoms with Crippen LogP contribution in [0.5, 0.6) is 0 Å². The van der Waals surface area contributed by atoms with Crippen LogP contribution < -0.4 is 10.6 Å². The molecule has 0 spiro atoms. The van der Waals surface area contributed by atoms with E-state index >= 15 is 0 Å². The number of aromatic nitrogens is 2. The van der Waals surface area contributed by atoms with Crippen LogP contribution in [0.4, 0.5) is 9.18 Å². The van der Waals surface area contributed by atoms with E-state index in [0.717, 1.165) is 16.7 Å². The van der Waals surface area contributed by atoms with Gasteiger partial charge in [0.05, 0.1) is 11.4 Å². The van der Waals surface area contributed by atoms with Gasteiger partial charge >= 0.3 is 12.0 Å². The fourth-order valence-corrected chi connectivity index (χ4v) is 3.52. The lowest BCUT2D eigenvalue weighted by molar-refractivity contribution is -0.127. The summed E-state index contributed by atoms with van der Waals surface area (Å²) in [6, 6.07) is 6.77. The molecule has 1 aromatic carbocycles. The van der Waals surface area contributed by atoms with Crippen molar-refractivity contribution in [3.05, 3.63) is 46.7 Å². The van der Waals surface area contributed by atoms with Gasteiger partial charge in [-0.15, -0.1) is 11.3 Å². The number of hydrogen-bond acceptors (Lipinski definition) is 6. The van der Waals surface area contributed by atoms with Gasteiger partial charge in [-0.05, 0) is 44.2 Å². The van der Waals surface area contributed by atoms with Gasteiger partial charge in [0.25, 0.3) is 5.91 Å². The van der Waals surface area contributed by atoms with Crippen molar-refractivity contribution in [1.82, 2.24) is 20.4 Å². The van der Waals surface area contributed by atoms with Gasteiger partial charge in [-0.3, -0.25) is 10.1 Å². The number of aryl methyl sites for hydroxylation is 1. The SMILES string of the molecule is CNC(=O)NC(=O)C(C)OC(=O)c1cc2c(C)nn(-c3ccc(F)cc3)c2s1. The van der Waals surface area contributed by atoms with E-state index < -0.39 is 24.0 Å². The van der Waals surface area contributed by atoms with Gasteiger partial charge in [0, 0.05) is 12.4 Å². The molecule has 2 heterocycles. The first-order chi connectivity index (χ1) is 13.3. The zero-order valence-electron chi connectivity index (χ0n) is 15.3. The molecule has 3 amide bonds. The minimum absolute atomic E-state index is 0.283. The Balaban J connectivity index is 1.83. The van der Waals surface area contributed by atoms with Crippen molar-refractivity contribution in [3.8, 4) is 5.69 Å². The minimum Gasteiger partial charge on any atom is -0.448 e. The standard InChI is InChI=1S/C18H17FN4O4S/c1-9-13-8-14(17(25)27-10(2)15(24)21-18(26)20-3)28-16(13)23(22-9)12-6-4-11(19)5-7-12/h4-8,10H,1-3H3,(H2,20,21,24,26). The number of amides is 3. The van der Waals surface area contributed by atoms with E-state index in [1.54, 1.807) is 29.8 Å². The number of fused-ring (bicyclic) bond motifs is 1. The number of esters is 1. The Labute approximate surface area is 163 Å². The predicted molar refractivity (Wildman–Crippen MR) is 101 cm³/mol. The average molecular weight is 404 g/mol. The van der Waals surface area contributed by atoms with Crippen LogP contribution in [0.3, 0.4) is 0 Å².